The summed E-state index contributed by atoms with van der Waals surface area (Å²) in [5.74, 6) is 0.0614. The third-order valence-electron chi connectivity index (χ3n) is 3.38. The fraction of sp³-hybridized carbons (Fsp3) is 0.438. The first-order valence-electron chi connectivity index (χ1n) is 7.62. The molecule has 0 fully saturated rings. The van der Waals surface area contributed by atoms with E-state index < -0.39 is 12.1 Å². The molecule has 24 heavy (non-hydrogen) atoms. The first-order chi connectivity index (χ1) is 11.5. The predicted octanol–water partition coefficient (Wildman–Crippen LogP) is 1.20. The topological polar surface area (TPSA) is 94.5 Å². The summed E-state index contributed by atoms with van der Waals surface area (Å²) in [6.07, 6.45) is 0.822. The first-order valence-corrected chi connectivity index (χ1v) is 7.62. The first kappa shape index (κ1) is 17.6. The molecule has 2 rings (SSSR count). The fourth-order valence-electron chi connectivity index (χ4n) is 2.23. The maximum absolute atomic E-state index is 11.5. The van der Waals surface area contributed by atoms with Gasteiger partial charge in [-0.2, -0.15) is 0 Å². The lowest BCUT2D eigenvalue weighted by atomic mass is 10.3. The van der Waals surface area contributed by atoms with Crippen molar-refractivity contribution in [1.29, 1.82) is 0 Å². The van der Waals surface area contributed by atoms with Gasteiger partial charge in [0.15, 0.2) is 6.10 Å². The van der Waals surface area contributed by atoms with Crippen LogP contribution in [0.3, 0.4) is 0 Å². The molecule has 0 saturated heterocycles. The van der Waals surface area contributed by atoms with Gasteiger partial charge in [0.25, 0.3) is 0 Å². The summed E-state index contributed by atoms with van der Waals surface area (Å²) in [5, 5.41) is 7.70. The van der Waals surface area contributed by atoms with Crippen LogP contribution < -0.4 is 4.74 Å². The Morgan fingerprint density at radius 3 is 2.71 bits per heavy atom. The van der Waals surface area contributed by atoms with Crippen LogP contribution in [0, 0.1) is 0 Å². The SMILES string of the molecule is CCN(CC(COc1ccc2ncnnc2c1)OC(C)=O)C(C)=O. The number of carbonyl (C=O) groups is 2. The largest absolute Gasteiger partial charge is 0.490 e. The van der Waals surface area contributed by atoms with E-state index in [0.29, 0.717) is 23.3 Å². The number of esters is 1. The molecule has 2 aromatic rings. The molecule has 1 aromatic heterocycles. The van der Waals surface area contributed by atoms with Crippen molar-refractivity contribution < 1.29 is 19.1 Å². The normalized spacial score (nSPS) is 11.8. The zero-order valence-corrected chi connectivity index (χ0v) is 13.9. The van der Waals surface area contributed by atoms with Crippen molar-refractivity contribution >= 4 is 22.9 Å². The average molecular weight is 332 g/mol. The lowest BCUT2D eigenvalue weighted by molar-refractivity contribution is -0.151. The second-order valence-corrected chi connectivity index (χ2v) is 5.21. The van der Waals surface area contributed by atoms with Gasteiger partial charge in [0.2, 0.25) is 5.91 Å². The number of hydrogen-bond donors (Lipinski definition) is 0. The smallest absolute Gasteiger partial charge is 0.303 e. The maximum Gasteiger partial charge on any atom is 0.303 e. The zero-order valence-electron chi connectivity index (χ0n) is 13.9. The van der Waals surface area contributed by atoms with Gasteiger partial charge in [-0.15, -0.1) is 10.2 Å². The van der Waals surface area contributed by atoms with Crippen LogP contribution in [0.25, 0.3) is 11.0 Å². The Morgan fingerprint density at radius 2 is 2.04 bits per heavy atom. The number of nitrogens with zero attached hydrogens (tertiary/aromatic N) is 4. The van der Waals surface area contributed by atoms with Crippen molar-refractivity contribution in [2.45, 2.75) is 26.9 Å². The van der Waals surface area contributed by atoms with Gasteiger partial charge in [-0.25, -0.2) is 4.98 Å². The number of aromatic nitrogens is 3. The van der Waals surface area contributed by atoms with Crippen LogP contribution in [0.5, 0.6) is 5.75 Å². The van der Waals surface area contributed by atoms with E-state index in [1.807, 2.05) is 6.92 Å². The quantitative estimate of drug-likeness (QED) is 0.703. The van der Waals surface area contributed by atoms with Crippen LogP contribution in [-0.2, 0) is 14.3 Å². The van der Waals surface area contributed by atoms with Gasteiger partial charge in [0, 0.05) is 26.5 Å². The molecule has 0 aliphatic rings. The Bertz CT molecular complexity index is 722. The Morgan fingerprint density at radius 1 is 1.25 bits per heavy atom. The van der Waals surface area contributed by atoms with Crippen molar-refractivity contribution in [2.24, 2.45) is 0 Å². The number of fused-ring (bicyclic) bond motifs is 1. The third kappa shape index (κ3) is 4.87. The summed E-state index contributed by atoms with van der Waals surface area (Å²) in [5.41, 5.74) is 1.32. The van der Waals surface area contributed by atoms with E-state index in [-0.39, 0.29) is 19.1 Å². The van der Waals surface area contributed by atoms with Crippen LogP contribution in [0.15, 0.2) is 24.5 Å². The summed E-state index contributed by atoms with van der Waals surface area (Å²) in [4.78, 5) is 28.5. The van der Waals surface area contributed by atoms with Crippen LogP contribution in [0.4, 0.5) is 0 Å². The van der Waals surface area contributed by atoms with Gasteiger partial charge >= 0.3 is 5.97 Å². The number of amides is 1. The van der Waals surface area contributed by atoms with Gasteiger partial charge in [-0.3, -0.25) is 9.59 Å². The van der Waals surface area contributed by atoms with Crippen molar-refractivity contribution in [3.8, 4) is 5.75 Å². The Kier molecular flexibility index (Phi) is 6.00. The highest BCUT2D eigenvalue weighted by atomic mass is 16.6. The van der Waals surface area contributed by atoms with Crippen molar-refractivity contribution in [2.75, 3.05) is 19.7 Å². The monoisotopic (exact) mass is 332 g/mol. The lowest BCUT2D eigenvalue weighted by Gasteiger charge is -2.25. The fourth-order valence-corrected chi connectivity index (χ4v) is 2.23. The molecule has 0 radical (unpaired) electrons. The molecular weight excluding hydrogens is 312 g/mol. The summed E-state index contributed by atoms with van der Waals surface area (Å²) in [7, 11) is 0. The van der Waals surface area contributed by atoms with Gasteiger partial charge in [0.1, 0.15) is 24.2 Å². The number of carbonyl (C=O) groups excluding carboxylic acids is 2. The van der Waals surface area contributed by atoms with Crippen molar-refractivity contribution in [3.05, 3.63) is 24.5 Å². The molecule has 8 heteroatoms. The molecule has 0 bridgehead atoms. The minimum absolute atomic E-state index is 0.0818. The van der Waals surface area contributed by atoms with Gasteiger partial charge in [-0.1, -0.05) is 0 Å². The van der Waals surface area contributed by atoms with Crippen LogP contribution in [0.1, 0.15) is 20.8 Å². The molecule has 1 unspecified atom stereocenters. The summed E-state index contributed by atoms with van der Waals surface area (Å²) < 4.78 is 10.9. The molecule has 8 nitrogen and oxygen atoms in total. The number of rotatable bonds is 7. The number of hydrogen-bond acceptors (Lipinski definition) is 7. The zero-order chi connectivity index (χ0) is 17.5. The van der Waals surface area contributed by atoms with Crippen LogP contribution in [0.2, 0.25) is 0 Å². The summed E-state index contributed by atoms with van der Waals surface area (Å²) in [6.45, 7) is 5.61. The van der Waals surface area contributed by atoms with E-state index in [9.17, 15) is 9.59 Å². The Hall–Kier alpha value is -2.77. The van der Waals surface area contributed by atoms with Crippen molar-refractivity contribution in [1.82, 2.24) is 20.1 Å². The summed E-state index contributed by atoms with van der Waals surface area (Å²) in [6, 6.07) is 5.24. The highest BCUT2D eigenvalue weighted by molar-refractivity contribution is 5.75. The van der Waals surface area contributed by atoms with E-state index >= 15 is 0 Å². The average Bonchev–Trinajstić information content (AvgIpc) is 2.56. The van der Waals surface area contributed by atoms with Gasteiger partial charge in [0.05, 0.1) is 12.1 Å². The number of benzene rings is 1. The molecule has 128 valence electrons. The number of likely N-dealkylation sites (N-methyl/N-ethyl adjacent to an activating group) is 1. The standard InChI is InChI=1S/C16H20N4O4/c1-4-20(11(2)21)8-14(24-12(3)22)9-23-13-5-6-15-16(7-13)19-18-10-17-15/h5-7,10,14H,4,8-9H2,1-3H3. The molecule has 0 N–H and O–H groups in total. The second-order valence-electron chi connectivity index (χ2n) is 5.21. The van der Waals surface area contributed by atoms with Crippen molar-refractivity contribution in [3.63, 3.8) is 0 Å². The molecule has 1 aromatic carbocycles. The molecular formula is C16H20N4O4. The number of ether oxygens (including phenoxy) is 2. The molecule has 0 aliphatic carbocycles. The van der Waals surface area contributed by atoms with E-state index in [1.165, 1.54) is 20.2 Å². The minimum atomic E-state index is -0.554. The van der Waals surface area contributed by atoms with E-state index in [1.54, 1.807) is 23.1 Å². The molecule has 1 amide bonds. The minimum Gasteiger partial charge on any atom is -0.490 e. The highest BCUT2D eigenvalue weighted by Gasteiger charge is 2.19. The van der Waals surface area contributed by atoms with Crippen LogP contribution in [-0.4, -0.2) is 57.8 Å². The molecule has 0 spiro atoms. The Balaban J connectivity index is 2.04. The highest BCUT2D eigenvalue weighted by Crippen LogP contribution is 2.17. The van der Waals surface area contributed by atoms with Gasteiger partial charge < -0.3 is 14.4 Å². The van der Waals surface area contributed by atoms with E-state index in [2.05, 4.69) is 15.2 Å². The molecule has 0 saturated carbocycles. The van der Waals surface area contributed by atoms with Gasteiger partial charge in [-0.05, 0) is 19.1 Å². The third-order valence-corrected chi connectivity index (χ3v) is 3.38. The van der Waals surface area contributed by atoms with E-state index in [4.69, 9.17) is 9.47 Å². The molecule has 0 aliphatic heterocycles. The summed E-state index contributed by atoms with van der Waals surface area (Å²) >= 11 is 0. The lowest BCUT2D eigenvalue weighted by Crippen LogP contribution is -2.40. The Labute approximate surface area is 139 Å². The van der Waals surface area contributed by atoms with E-state index in [0.717, 1.165) is 0 Å². The molecule has 1 heterocycles. The predicted molar refractivity (Wildman–Crippen MR) is 86.3 cm³/mol. The maximum atomic E-state index is 11.5. The molecule has 1 atom stereocenters. The second kappa shape index (κ2) is 8.19. The van der Waals surface area contributed by atoms with Crippen LogP contribution >= 0.6 is 0 Å².